The number of nitrogens with one attached hydrogen (secondary N) is 1. The molecule has 2 rings (SSSR count). The summed E-state index contributed by atoms with van der Waals surface area (Å²) in [5.74, 6) is 0.576. The van der Waals surface area contributed by atoms with Crippen LogP contribution in [0.2, 0.25) is 0 Å². The Morgan fingerprint density at radius 2 is 2.12 bits per heavy atom. The number of amides is 2. The van der Waals surface area contributed by atoms with E-state index in [2.05, 4.69) is 17.4 Å². The lowest BCUT2D eigenvalue weighted by Crippen LogP contribution is -2.50. The van der Waals surface area contributed by atoms with Crippen LogP contribution in [0, 0.1) is 0 Å². The van der Waals surface area contributed by atoms with Gasteiger partial charge in [0, 0.05) is 13.0 Å². The van der Waals surface area contributed by atoms with Crippen LogP contribution in [0.1, 0.15) is 37.7 Å². The highest BCUT2D eigenvalue weighted by atomic mass is 32.2. The molecule has 2 atom stereocenters. The molecule has 0 saturated carbocycles. The van der Waals surface area contributed by atoms with E-state index in [1.807, 2.05) is 24.5 Å². The molecule has 2 amide bonds. The van der Waals surface area contributed by atoms with Gasteiger partial charge < -0.3 is 15.0 Å². The average Bonchev–Trinajstić information content (AvgIpc) is 3.14. The molecule has 0 aromatic heterocycles. The van der Waals surface area contributed by atoms with E-state index in [1.54, 1.807) is 16.7 Å². The number of rotatable bonds is 10. The minimum absolute atomic E-state index is 0.0952. The van der Waals surface area contributed by atoms with Crippen LogP contribution >= 0.6 is 11.8 Å². The second-order valence-corrected chi connectivity index (χ2v) is 7.60. The van der Waals surface area contributed by atoms with Gasteiger partial charge in [0.15, 0.2) is 0 Å². The Balaban J connectivity index is 1.86. The number of thioether (sulfide) groups is 1. The lowest BCUT2D eigenvalue weighted by Gasteiger charge is -2.26. The third kappa shape index (κ3) is 6.16. The van der Waals surface area contributed by atoms with Gasteiger partial charge in [-0.1, -0.05) is 30.3 Å². The van der Waals surface area contributed by atoms with E-state index >= 15 is 0 Å². The predicted molar refractivity (Wildman–Crippen MR) is 105 cm³/mol. The third-order valence-corrected chi connectivity index (χ3v) is 5.34. The van der Waals surface area contributed by atoms with Gasteiger partial charge in [-0.2, -0.15) is 11.8 Å². The van der Waals surface area contributed by atoms with Gasteiger partial charge in [0.05, 0.1) is 6.04 Å². The van der Waals surface area contributed by atoms with Crippen molar-refractivity contribution in [1.29, 1.82) is 0 Å². The summed E-state index contributed by atoms with van der Waals surface area (Å²) in [5.41, 5.74) is 1.21. The van der Waals surface area contributed by atoms with Gasteiger partial charge in [-0.05, 0) is 49.7 Å². The molecule has 1 aromatic carbocycles. The minimum atomic E-state index is -0.535. The van der Waals surface area contributed by atoms with Crippen molar-refractivity contribution in [2.75, 3.05) is 18.6 Å². The molecule has 142 valence electrons. The van der Waals surface area contributed by atoms with E-state index in [-0.39, 0.29) is 17.9 Å². The molecule has 0 radical (unpaired) electrons. The molecule has 1 fully saturated rings. The Bertz CT molecular complexity index is 594. The first-order valence-electron chi connectivity index (χ1n) is 9.23. The molecular weight excluding hydrogens is 348 g/mol. The summed E-state index contributed by atoms with van der Waals surface area (Å²) >= 11 is 1.65. The fourth-order valence-electron chi connectivity index (χ4n) is 3.27. The normalized spacial score (nSPS) is 17.7. The first-order chi connectivity index (χ1) is 12.7. The van der Waals surface area contributed by atoms with Crippen molar-refractivity contribution in [1.82, 2.24) is 10.2 Å². The van der Waals surface area contributed by atoms with E-state index in [0.717, 1.165) is 37.7 Å². The molecule has 26 heavy (non-hydrogen) atoms. The maximum Gasteiger partial charge on any atom is 0.245 e. The Morgan fingerprint density at radius 3 is 2.81 bits per heavy atom. The molecule has 1 aliphatic heterocycles. The molecular formula is C20H28N2O3S. The fourth-order valence-corrected chi connectivity index (χ4v) is 3.74. The molecule has 0 spiro atoms. The minimum Gasteiger partial charge on any atom is -0.344 e. The van der Waals surface area contributed by atoms with Gasteiger partial charge >= 0.3 is 0 Å². The number of likely N-dealkylation sites (tertiary alicyclic amines) is 1. The molecule has 1 aromatic rings. The summed E-state index contributed by atoms with van der Waals surface area (Å²) in [6.45, 7) is 0.599. The van der Waals surface area contributed by atoms with E-state index in [9.17, 15) is 14.4 Å². The first-order valence-corrected chi connectivity index (χ1v) is 10.6. The molecule has 0 bridgehead atoms. The quantitative estimate of drug-likeness (QED) is 0.637. The Kier molecular flexibility index (Phi) is 8.68. The summed E-state index contributed by atoms with van der Waals surface area (Å²) in [6.07, 6.45) is 6.97. The zero-order chi connectivity index (χ0) is 18.8. The monoisotopic (exact) mass is 376 g/mol. The zero-order valence-electron chi connectivity index (χ0n) is 15.4. The largest absolute Gasteiger partial charge is 0.344 e. The molecule has 0 aliphatic carbocycles. The second kappa shape index (κ2) is 11.0. The van der Waals surface area contributed by atoms with Crippen LogP contribution in [0.25, 0.3) is 0 Å². The van der Waals surface area contributed by atoms with E-state index in [4.69, 9.17) is 0 Å². The van der Waals surface area contributed by atoms with Crippen LogP contribution in [0.15, 0.2) is 30.3 Å². The summed E-state index contributed by atoms with van der Waals surface area (Å²) in [4.78, 5) is 37.9. The van der Waals surface area contributed by atoms with Crippen LogP contribution in [-0.4, -0.2) is 53.6 Å². The van der Waals surface area contributed by atoms with Gasteiger partial charge in [0.1, 0.15) is 12.3 Å². The average molecular weight is 377 g/mol. The molecule has 0 unspecified atom stereocenters. The number of hydrogen-bond donors (Lipinski definition) is 1. The number of nitrogens with zero attached hydrogens (tertiary/aromatic N) is 1. The van der Waals surface area contributed by atoms with Gasteiger partial charge in [-0.3, -0.25) is 9.59 Å². The summed E-state index contributed by atoms with van der Waals surface area (Å²) in [5, 5.41) is 2.90. The van der Waals surface area contributed by atoms with Crippen LogP contribution < -0.4 is 5.32 Å². The number of carbonyl (C=O) groups excluding carboxylic acids is 3. The fraction of sp³-hybridized carbons (Fsp3) is 0.550. The van der Waals surface area contributed by atoms with Gasteiger partial charge in [-0.15, -0.1) is 0 Å². The number of benzene rings is 1. The molecule has 1 N–H and O–H groups in total. The van der Waals surface area contributed by atoms with Crippen molar-refractivity contribution in [2.24, 2.45) is 0 Å². The number of carbonyl (C=O) groups is 3. The third-order valence-electron chi connectivity index (χ3n) is 4.70. The van der Waals surface area contributed by atoms with Crippen molar-refractivity contribution in [3.05, 3.63) is 35.9 Å². The lowest BCUT2D eigenvalue weighted by molar-refractivity contribution is -0.138. The van der Waals surface area contributed by atoms with E-state index in [0.29, 0.717) is 19.4 Å². The summed E-state index contributed by atoms with van der Waals surface area (Å²) in [7, 11) is 0. The highest BCUT2D eigenvalue weighted by Gasteiger charge is 2.33. The smallest absolute Gasteiger partial charge is 0.245 e. The standard InChI is InChI=1S/C20H28N2O3S/c1-26-14-12-18(20(25)22-13-6-10-17(22)15-23)21-19(24)11-5-9-16-7-3-2-4-8-16/h2-4,7-8,15,17-18H,5-6,9-14H2,1H3,(H,21,24)/t17-,18-/m0/s1. The van der Waals surface area contributed by atoms with Crippen molar-refractivity contribution < 1.29 is 14.4 Å². The Morgan fingerprint density at radius 1 is 1.35 bits per heavy atom. The maximum atomic E-state index is 12.8. The van der Waals surface area contributed by atoms with E-state index < -0.39 is 6.04 Å². The highest BCUT2D eigenvalue weighted by Crippen LogP contribution is 2.18. The summed E-state index contributed by atoms with van der Waals surface area (Å²) < 4.78 is 0. The van der Waals surface area contributed by atoms with Crippen molar-refractivity contribution in [2.45, 2.75) is 50.6 Å². The van der Waals surface area contributed by atoms with Crippen LogP contribution in [0.3, 0.4) is 0 Å². The molecule has 6 heteroatoms. The van der Waals surface area contributed by atoms with Gasteiger partial charge in [-0.25, -0.2) is 0 Å². The van der Waals surface area contributed by atoms with E-state index in [1.165, 1.54) is 5.56 Å². The number of hydrogen-bond acceptors (Lipinski definition) is 4. The maximum absolute atomic E-state index is 12.8. The van der Waals surface area contributed by atoms with Crippen molar-refractivity contribution >= 4 is 29.9 Å². The molecule has 1 saturated heterocycles. The summed E-state index contributed by atoms with van der Waals surface area (Å²) in [6, 6.07) is 9.19. The van der Waals surface area contributed by atoms with Crippen molar-refractivity contribution in [3.63, 3.8) is 0 Å². The lowest BCUT2D eigenvalue weighted by atomic mass is 10.1. The van der Waals surface area contributed by atoms with Crippen LogP contribution in [0.4, 0.5) is 0 Å². The second-order valence-electron chi connectivity index (χ2n) is 6.62. The first kappa shape index (κ1) is 20.5. The van der Waals surface area contributed by atoms with Gasteiger partial charge in [0.25, 0.3) is 0 Å². The Hall–Kier alpha value is -1.82. The number of aldehydes is 1. The molecule has 5 nitrogen and oxygen atoms in total. The van der Waals surface area contributed by atoms with Crippen molar-refractivity contribution in [3.8, 4) is 0 Å². The van der Waals surface area contributed by atoms with Crippen LogP contribution in [0.5, 0.6) is 0 Å². The topological polar surface area (TPSA) is 66.5 Å². The highest BCUT2D eigenvalue weighted by molar-refractivity contribution is 7.98. The van der Waals surface area contributed by atoms with Crippen LogP contribution in [-0.2, 0) is 20.8 Å². The number of aryl methyl sites for hydroxylation is 1. The molecule has 1 aliphatic rings. The SMILES string of the molecule is CSCC[C@H](NC(=O)CCCc1ccccc1)C(=O)N1CCC[C@H]1C=O. The zero-order valence-corrected chi connectivity index (χ0v) is 16.2. The van der Waals surface area contributed by atoms with Gasteiger partial charge in [0.2, 0.25) is 11.8 Å². The molecule has 1 heterocycles. The predicted octanol–water partition coefficient (Wildman–Crippen LogP) is 2.44. The Labute approximate surface area is 159 Å².